The molecule has 0 bridgehead atoms. The molecule has 114 valence electrons. The number of halogens is 1. The van der Waals surface area contributed by atoms with Gasteiger partial charge in [-0.1, -0.05) is 12.1 Å². The Morgan fingerprint density at radius 1 is 1.15 bits per heavy atom. The van der Waals surface area contributed by atoms with Gasteiger partial charge in [-0.2, -0.15) is 0 Å². The van der Waals surface area contributed by atoms with Gasteiger partial charge in [0.1, 0.15) is 10.7 Å². The Balaban J connectivity index is 2.68. The summed E-state index contributed by atoms with van der Waals surface area (Å²) in [7, 11) is -3.79. The number of hydrogen-bond acceptors (Lipinski definition) is 3. The van der Waals surface area contributed by atoms with E-state index < -0.39 is 15.8 Å². The van der Waals surface area contributed by atoms with E-state index in [4.69, 9.17) is 0 Å². The number of nitrogens with one attached hydrogen (secondary N) is 1. The maximum atomic E-state index is 13.5. The van der Waals surface area contributed by atoms with E-state index >= 15 is 0 Å². The molecular weight excluding hydrogens is 279 g/mol. The van der Waals surface area contributed by atoms with Gasteiger partial charge >= 0.3 is 0 Å². The molecule has 0 aliphatic carbocycles. The van der Waals surface area contributed by atoms with Crippen molar-refractivity contribution in [3.05, 3.63) is 30.1 Å². The van der Waals surface area contributed by atoms with Crippen LogP contribution in [0.2, 0.25) is 0 Å². The van der Waals surface area contributed by atoms with Crippen LogP contribution in [-0.2, 0) is 10.0 Å². The van der Waals surface area contributed by atoms with Gasteiger partial charge in [0.05, 0.1) is 0 Å². The van der Waals surface area contributed by atoms with Gasteiger partial charge in [-0.25, -0.2) is 17.5 Å². The molecule has 0 radical (unpaired) electrons. The lowest BCUT2D eigenvalue weighted by atomic mass is 10.2. The minimum atomic E-state index is -3.79. The number of benzene rings is 1. The van der Waals surface area contributed by atoms with E-state index in [0.29, 0.717) is 18.6 Å². The molecule has 0 aliphatic heterocycles. The highest BCUT2D eigenvalue weighted by molar-refractivity contribution is 7.89. The summed E-state index contributed by atoms with van der Waals surface area (Å²) < 4.78 is 40.0. The molecule has 0 aromatic heterocycles. The van der Waals surface area contributed by atoms with Crippen LogP contribution in [0.15, 0.2) is 29.2 Å². The molecule has 1 aromatic rings. The zero-order valence-corrected chi connectivity index (χ0v) is 13.2. The lowest BCUT2D eigenvalue weighted by Gasteiger charge is -2.30. The first kappa shape index (κ1) is 17.1. The van der Waals surface area contributed by atoms with Crippen molar-refractivity contribution in [1.29, 1.82) is 0 Å². The maximum absolute atomic E-state index is 13.5. The quantitative estimate of drug-likeness (QED) is 0.840. The van der Waals surface area contributed by atoms with Crippen molar-refractivity contribution >= 4 is 10.0 Å². The van der Waals surface area contributed by atoms with Crippen LogP contribution in [-0.4, -0.2) is 38.5 Å². The van der Waals surface area contributed by atoms with E-state index in [-0.39, 0.29) is 11.4 Å². The van der Waals surface area contributed by atoms with Crippen molar-refractivity contribution in [2.75, 3.05) is 13.1 Å². The first-order valence-electron chi connectivity index (χ1n) is 6.75. The van der Waals surface area contributed by atoms with E-state index in [9.17, 15) is 12.8 Å². The molecule has 0 aliphatic rings. The van der Waals surface area contributed by atoms with Gasteiger partial charge in [0.15, 0.2) is 0 Å². The Bertz CT molecular complexity index is 522. The van der Waals surface area contributed by atoms with Gasteiger partial charge in [0, 0.05) is 25.2 Å². The van der Waals surface area contributed by atoms with Crippen LogP contribution in [0.25, 0.3) is 0 Å². The molecule has 0 heterocycles. The van der Waals surface area contributed by atoms with Crippen LogP contribution in [0.3, 0.4) is 0 Å². The Kier molecular flexibility index (Phi) is 6.10. The molecular formula is C14H23FN2O2S. The first-order chi connectivity index (χ1) is 9.25. The van der Waals surface area contributed by atoms with E-state index in [1.54, 1.807) is 0 Å². The van der Waals surface area contributed by atoms with Gasteiger partial charge < -0.3 is 0 Å². The lowest BCUT2D eigenvalue weighted by molar-refractivity contribution is 0.179. The monoisotopic (exact) mass is 302 g/mol. The third kappa shape index (κ3) is 4.54. The molecule has 0 spiro atoms. The molecule has 0 saturated carbocycles. The van der Waals surface area contributed by atoms with Gasteiger partial charge in [-0.3, -0.25) is 4.90 Å². The largest absolute Gasteiger partial charge is 0.297 e. The predicted molar refractivity (Wildman–Crippen MR) is 78.6 cm³/mol. The standard InChI is InChI=1S/C14H23FN2O2S/c1-11(2)17(12(3)4)10-9-16-20(18,19)14-8-6-5-7-13(14)15/h5-8,11-12,16H,9-10H2,1-4H3. The third-order valence-electron chi connectivity index (χ3n) is 3.11. The minimum Gasteiger partial charge on any atom is -0.297 e. The number of sulfonamides is 1. The van der Waals surface area contributed by atoms with Crippen molar-refractivity contribution in [3.8, 4) is 0 Å². The maximum Gasteiger partial charge on any atom is 0.243 e. The molecule has 1 rings (SSSR count). The van der Waals surface area contributed by atoms with Crippen molar-refractivity contribution in [2.45, 2.75) is 44.7 Å². The Morgan fingerprint density at radius 2 is 1.70 bits per heavy atom. The van der Waals surface area contributed by atoms with Crippen LogP contribution in [0, 0.1) is 5.82 Å². The van der Waals surface area contributed by atoms with Crippen molar-refractivity contribution in [2.24, 2.45) is 0 Å². The van der Waals surface area contributed by atoms with Crippen LogP contribution >= 0.6 is 0 Å². The zero-order chi connectivity index (χ0) is 15.3. The second-order valence-electron chi connectivity index (χ2n) is 5.25. The molecule has 6 heteroatoms. The van der Waals surface area contributed by atoms with Crippen LogP contribution < -0.4 is 4.72 Å². The Labute approximate surface area is 121 Å². The van der Waals surface area contributed by atoms with Crippen LogP contribution in [0.4, 0.5) is 4.39 Å². The van der Waals surface area contributed by atoms with Gasteiger partial charge in [-0.05, 0) is 39.8 Å². The molecule has 1 N–H and O–H groups in total. The summed E-state index contributed by atoms with van der Waals surface area (Å²) in [4.78, 5) is 1.87. The number of hydrogen-bond donors (Lipinski definition) is 1. The van der Waals surface area contributed by atoms with Gasteiger partial charge in [-0.15, -0.1) is 0 Å². The summed E-state index contributed by atoms with van der Waals surface area (Å²) in [6, 6.07) is 6.03. The van der Waals surface area contributed by atoms with E-state index in [1.165, 1.54) is 18.2 Å². The normalized spacial score (nSPS) is 12.6. The smallest absolute Gasteiger partial charge is 0.243 e. The summed E-state index contributed by atoms with van der Waals surface area (Å²) in [6.07, 6.45) is 0. The van der Waals surface area contributed by atoms with E-state index in [2.05, 4.69) is 37.3 Å². The SMILES string of the molecule is CC(C)N(CCNS(=O)(=O)c1ccccc1F)C(C)C. The molecule has 0 fully saturated rings. The second kappa shape index (κ2) is 7.15. The summed E-state index contributed by atoms with van der Waals surface area (Å²) in [5, 5.41) is 0. The Morgan fingerprint density at radius 3 is 2.20 bits per heavy atom. The fraction of sp³-hybridized carbons (Fsp3) is 0.571. The summed E-state index contributed by atoms with van der Waals surface area (Å²) >= 11 is 0. The number of nitrogens with zero attached hydrogens (tertiary/aromatic N) is 1. The Hall–Kier alpha value is -0.980. The van der Waals surface area contributed by atoms with Gasteiger partial charge in [0.2, 0.25) is 10.0 Å². The van der Waals surface area contributed by atoms with Crippen molar-refractivity contribution in [1.82, 2.24) is 9.62 Å². The predicted octanol–water partition coefficient (Wildman–Crippen LogP) is 2.22. The van der Waals surface area contributed by atoms with E-state index in [0.717, 1.165) is 6.07 Å². The average molecular weight is 302 g/mol. The molecule has 0 unspecified atom stereocenters. The van der Waals surface area contributed by atoms with E-state index in [1.807, 2.05) is 0 Å². The lowest BCUT2D eigenvalue weighted by Crippen LogP contribution is -2.42. The molecule has 20 heavy (non-hydrogen) atoms. The minimum absolute atomic E-state index is 0.257. The zero-order valence-electron chi connectivity index (χ0n) is 12.4. The van der Waals surface area contributed by atoms with Crippen molar-refractivity contribution < 1.29 is 12.8 Å². The van der Waals surface area contributed by atoms with Crippen molar-refractivity contribution in [3.63, 3.8) is 0 Å². The fourth-order valence-corrected chi connectivity index (χ4v) is 3.26. The molecule has 4 nitrogen and oxygen atoms in total. The topological polar surface area (TPSA) is 49.4 Å². The molecule has 0 amide bonds. The summed E-state index contributed by atoms with van der Waals surface area (Å²) in [5.74, 6) is -0.732. The second-order valence-corrected chi connectivity index (χ2v) is 6.99. The third-order valence-corrected chi connectivity index (χ3v) is 4.61. The molecule has 0 atom stereocenters. The molecule has 0 saturated heterocycles. The highest BCUT2D eigenvalue weighted by atomic mass is 32.2. The fourth-order valence-electron chi connectivity index (χ4n) is 2.16. The van der Waals surface area contributed by atoms with Gasteiger partial charge in [0.25, 0.3) is 0 Å². The number of rotatable bonds is 7. The van der Waals surface area contributed by atoms with Crippen LogP contribution in [0.1, 0.15) is 27.7 Å². The first-order valence-corrected chi connectivity index (χ1v) is 8.24. The van der Waals surface area contributed by atoms with Crippen LogP contribution in [0.5, 0.6) is 0 Å². The average Bonchev–Trinajstić information content (AvgIpc) is 2.34. The summed E-state index contributed by atoms with van der Waals surface area (Å²) in [5.41, 5.74) is 0. The molecule has 1 aromatic carbocycles. The summed E-state index contributed by atoms with van der Waals surface area (Å²) in [6.45, 7) is 9.09. The highest BCUT2D eigenvalue weighted by Gasteiger charge is 2.19. The highest BCUT2D eigenvalue weighted by Crippen LogP contribution is 2.13.